The number of fused-ring (bicyclic) bond motifs is 1. The maximum absolute atomic E-state index is 13.9. The van der Waals surface area contributed by atoms with Crippen molar-refractivity contribution in [3.8, 4) is 0 Å². The fourth-order valence-corrected chi connectivity index (χ4v) is 5.72. The summed E-state index contributed by atoms with van der Waals surface area (Å²) in [6.45, 7) is 8.52. The highest BCUT2D eigenvalue weighted by molar-refractivity contribution is 7.92. The van der Waals surface area contributed by atoms with E-state index >= 15 is 0 Å². The molecule has 3 rings (SSSR count). The van der Waals surface area contributed by atoms with Crippen LogP contribution in [0.3, 0.4) is 0 Å². The summed E-state index contributed by atoms with van der Waals surface area (Å²) >= 11 is 0. The van der Waals surface area contributed by atoms with Crippen molar-refractivity contribution in [1.29, 1.82) is 0 Å². The molecule has 0 saturated carbocycles. The topological polar surface area (TPSA) is 60.9 Å². The lowest BCUT2D eigenvalue weighted by atomic mass is 10.1. The molecule has 0 radical (unpaired) electrons. The van der Waals surface area contributed by atoms with Crippen molar-refractivity contribution in [3.05, 3.63) is 72.3 Å². The van der Waals surface area contributed by atoms with Gasteiger partial charge >= 0.3 is 0 Å². The summed E-state index contributed by atoms with van der Waals surface area (Å²) in [4.78, 5) is 2.49. The molecule has 0 aliphatic rings. The van der Waals surface area contributed by atoms with Gasteiger partial charge in [0.15, 0.2) is 0 Å². The molecular formula is C28H38N2O3S. The molecule has 5 nitrogen and oxygen atoms in total. The Labute approximate surface area is 205 Å². The van der Waals surface area contributed by atoms with Gasteiger partial charge in [-0.05, 0) is 56.4 Å². The predicted octanol–water partition coefficient (Wildman–Crippen LogP) is 5.61. The number of rotatable bonds is 13. The molecule has 1 unspecified atom stereocenters. The lowest BCUT2D eigenvalue weighted by Gasteiger charge is -2.31. The Balaban J connectivity index is 1.97. The van der Waals surface area contributed by atoms with Crippen molar-refractivity contribution < 1.29 is 13.5 Å². The molecule has 6 heteroatoms. The van der Waals surface area contributed by atoms with E-state index in [1.165, 1.54) is 4.31 Å². The number of sulfonamides is 1. The highest BCUT2D eigenvalue weighted by Crippen LogP contribution is 2.31. The zero-order chi connectivity index (χ0) is 24.6. The van der Waals surface area contributed by atoms with E-state index in [0.717, 1.165) is 55.1 Å². The fourth-order valence-electron chi connectivity index (χ4n) is 4.19. The highest BCUT2D eigenvalue weighted by atomic mass is 32.2. The van der Waals surface area contributed by atoms with Gasteiger partial charge in [-0.2, -0.15) is 0 Å². The van der Waals surface area contributed by atoms with Crippen molar-refractivity contribution in [2.45, 2.75) is 57.5 Å². The quantitative estimate of drug-likeness (QED) is 0.344. The number of nitrogens with zero attached hydrogens (tertiary/aromatic N) is 2. The Morgan fingerprint density at radius 3 is 2.09 bits per heavy atom. The monoisotopic (exact) mass is 482 g/mol. The summed E-state index contributed by atoms with van der Waals surface area (Å²) in [5.74, 6) is 0. The zero-order valence-corrected chi connectivity index (χ0v) is 21.5. The first kappa shape index (κ1) is 26.2. The van der Waals surface area contributed by atoms with E-state index in [9.17, 15) is 13.5 Å². The van der Waals surface area contributed by atoms with E-state index in [1.807, 2.05) is 61.5 Å². The summed E-state index contributed by atoms with van der Waals surface area (Å²) in [6.07, 6.45) is 3.48. The Bertz CT molecular complexity index is 1130. The second kappa shape index (κ2) is 12.3. The lowest BCUT2D eigenvalue weighted by molar-refractivity contribution is 0.117. The molecule has 0 aromatic heterocycles. The minimum absolute atomic E-state index is 0.00102. The molecule has 1 atom stereocenters. The Hall–Kier alpha value is -2.41. The summed E-state index contributed by atoms with van der Waals surface area (Å²) in [5, 5.41) is 12.9. The standard InChI is InChI=1S/C28H38N2O3S/c1-4-6-19-29(20-7-5-2)21-25(31)22-30(34(32,33)26-17-15-23(3)16-18-26)28-14-10-12-24-11-8-9-13-27(24)28/h8-18,25,31H,4-7,19-22H2,1-3H3. The SMILES string of the molecule is CCCCN(CCCC)CC(O)CN(c1cccc2ccccc12)S(=O)(=O)c1ccc(C)cc1. The first-order chi connectivity index (χ1) is 16.4. The molecule has 0 aliphatic carbocycles. The number of aliphatic hydroxyl groups excluding tert-OH is 1. The van der Waals surface area contributed by atoms with Gasteiger partial charge in [0, 0.05) is 11.9 Å². The molecule has 3 aromatic rings. The Morgan fingerprint density at radius 1 is 0.824 bits per heavy atom. The molecular weight excluding hydrogens is 444 g/mol. The van der Waals surface area contributed by atoms with Crippen molar-refractivity contribution in [2.24, 2.45) is 0 Å². The zero-order valence-electron chi connectivity index (χ0n) is 20.7. The molecule has 3 aromatic carbocycles. The van der Waals surface area contributed by atoms with Crippen LogP contribution in [0.4, 0.5) is 5.69 Å². The molecule has 0 heterocycles. The van der Waals surface area contributed by atoms with Crippen molar-refractivity contribution in [1.82, 2.24) is 4.90 Å². The average Bonchev–Trinajstić information content (AvgIpc) is 2.84. The van der Waals surface area contributed by atoms with Crippen LogP contribution < -0.4 is 4.31 Å². The van der Waals surface area contributed by atoms with Gasteiger partial charge in [0.1, 0.15) is 0 Å². The van der Waals surface area contributed by atoms with Crippen LogP contribution in [0.5, 0.6) is 0 Å². The summed E-state index contributed by atoms with van der Waals surface area (Å²) in [5.41, 5.74) is 1.59. The van der Waals surface area contributed by atoms with Crippen LogP contribution in [0.2, 0.25) is 0 Å². The number of aliphatic hydroxyl groups is 1. The molecule has 34 heavy (non-hydrogen) atoms. The van der Waals surface area contributed by atoms with Crippen LogP contribution in [-0.4, -0.2) is 50.7 Å². The second-order valence-corrected chi connectivity index (χ2v) is 10.9. The normalized spacial score (nSPS) is 12.9. The number of hydrogen-bond donors (Lipinski definition) is 1. The van der Waals surface area contributed by atoms with Gasteiger partial charge in [0.2, 0.25) is 0 Å². The summed E-state index contributed by atoms with van der Waals surface area (Å²) < 4.78 is 29.1. The second-order valence-electron chi connectivity index (χ2n) is 9.01. The van der Waals surface area contributed by atoms with Gasteiger partial charge in [0.25, 0.3) is 10.0 Å². The maximum atomic E-state index is 13.9. The van der Waals surface area contributed by atoms with Crippen LogP contribution in [0.1, 0.15) is 45.1 Å². The van der Waals surface area contributed by atoms with Gasteiger partial charge in [-0.3, -0.25) is 4.31 Å². The fraction of sp³-hybridized carbons (Fsp3) is 0.429. The molecule has 1 N–H and O–H groups in total. The van der Waals surface area contributed by atoms with E-state index in [1.54, 1.807) is 12.1 Å². The van der Waals surface area contributed by atoms with E-state index in [4.69, 9.17) is 0 Å². The molecule has 0 fully saturated rings. The van der Waals surface area contributed by atoms with Crippen LogP contribution in [0.25, 0.3) is 10.8 Å². The summed E-state index contributed by atoms with van der Waals surface area (Å²) in [6, 6.07) is 20.3. The molecule has 0 spiro atoms. The van der Waals surface area contributed by atoms with E-state index in [0.29, 0.717) is 12.2 Å². The molecule has 184 valence electrons. The molecule has 0 bridgehead atoms. The Morgan fingerprint density at radius 2 is 1.44 bits per heavy atom. The average molecular weight is 483 g/mol. The van der Waals surface area contributed by atoms with Gasteiger partial charge in [-0.25, -0.2) is 8.42 Å². The number of aryl methyl sites for hydroxylation is 1. The smallest absolute Gasteiger partial charge is 0.264 e. The maximum Gasteiger partial charge on any atom is 0.264 e. The molecule has 0 saturated heterocycles. The van der Waals surface area contributed by atoms with Crippen LogP contribution >= 0.6 is 0 Å². The largest absolute Gasteiger partial charge is 0.390 e. The van der Waals surface area contributed by atoms with Crippen molar-refractivity contribution in [2.75, 3.05) is 30.5 Å². The van der Waals surface area contributed by atoms with Crippen LogP contribution in [-0.2, 0) is 10.0 Å². The minimum atomic E-state index is -3.87. The molecule has 0 aliphatic heterocycles. The van der Waals surface area contributed by atoms with Gasteiger partial charge in [0.05, 0.1) is 23.2 Å². The Kier molecular flexibility index (Phi) is 9.51. The van der Waals surface area contributed by atoms with E-state index < -0.39 is 16.1 Å². The summed E-state index contributed by atoms with van der Waals surface area (Å²) in [7, 11) is -3.87. The van der Waals surface area contributed by atoms with Crippen molar-refractivity contribution >= 4 is 26.5 Å². The first-order valence-corrected chi connectivity index (χ1v) is 13.8. The van der Waals surface area contributed by atoms with E-state index in [2.05, 4.69) is 18.7 Å². The third-order valence-electron chi connectivity index (χ3n) is 6.15. The molecule has 0 amide bonds. The predicted molar refractivity (Wildman–Crippen MR) is 142 cm³/mol. The number of hydrogen-bond acceptors (Lipinski definition) is 4. The number of anilines is 1. The van der Waals surface area contributed by atoms with Gasteiger partial charge in [-0.1, -0.05) is 80.8 Å². The third kappa shape index (κ3) is 6.59. The minimum Gasteiger partial charge on any atom is -0.390 e. The van der Waals surface area contributed by atoms with E-state index in [-0.39, 0.29) is 11.4 Å². The lowest BCUT2D eigenvalue weighted by Crippen LogP contribution is -2.43. The van der Waals surface area contributed by atoms with Gasteiger partial charge in [-0.15, -0.1) is 0 Å². The number of unbranched alkanes of at least 4 members (excludes halogenated alkanes) is 2. The van der Waals surface area contributed by atoms with Gasteiger partial charge < -0.3 is 10.0 Å². The third-order valence-corrected chi connectivity index (χ3v) is 7.94. The van der Waals surface area contributed by atoms with Crippen LogP contribution in [0, 0.1) is 6.92 Å². The highest BCUT2D eigenvalue weighted by Gasteiger charge is 2.29. The first-order valence-electron chi connectivity index (χ1n) is 12.3. The van der Waals surface area contributed by atoms with Crippen LogP contribution in [0.15, 0.2) is 71.6 Å². The van der Waals surface area contributed by atoms with Crippen molar-refractivity contribution in [3.63, 3.8) is 0 Å². The number of benzene rings is 3.